The minimum absolute atomic E-state index is 0.0206. The van der Waals surface area contributed by atoms with Gasteiger partial charge < -0.3 is 10.0 Å². The van der Waals surface area contributed by atoms with E-state index in [4.69, 9.17) is 39.9 Å². The normalized spacial score (nSPS) is 19.4. The number of hydrogen-bond donors (Lipinski definition) is 1. The lowest BCUT2D eigenvalue weighted by Crippen LogP contribution is -2.25. The van der Waals surface area contributed by atoms with Crippen molar-refractivity contribution in [2.24, 2.45) is 5.92 Å². The highest BCUT2D eigenvalue weighted by Crippen LogP contribution is 2.36. The van der Waals surface area contributed by atoms with Crippen LogP contribution in [-0.4, -0.2) is 23.5 Å². The van der Waals surface area contributed by atoms with Gasteiger partial charge in [0.15, 0.2) is 0 Å². The molecule has 1 N–H and O–H groups in total. The average molecular weight is 309 g/mol. The zero-order chi connectivity index (χ0) is 13.4. The molecule has 0 saturated carbocycles. The summed E-state index contributed by atoms with van der Waals surface area (Å²) in [5, 5.41) is 9.56. The van der Waals surface area contributed by atoms with E-state index >= 15 is 0 Å². The van der Waals surface area contributed by atoms with Gasteiger partial charge in [-0.15, -0.1) is 0 Å². The number of hydrogen-bond acceptors (Lipinski definition) is 2. The second-order valence-corrected chi connectivity index (χ2v) is 5.16. The van der Waals surface area contributed by atoms with E-state index < -0.39 is 11.9 Å². The van der Waals surface area contributed by atoms with E-state index in [0.717, 1.165) is 0 Å². The minimum atomic E-state index is -0.989. The molecule has 0 bridgehead atoms. The van der Waals surface area contributed by atoms with Crippen LogP contribution >= 0.6 is 34.8 Å². The lowest BCUT2D eigenvalue weighted by Gasteiger charge is -2.17. The van der Waals surface area contributed by atoms with Crippen molar-refractivity contribution in [3.63, 3.8) is 0 Å². The number of benzene rings is 1. The third-order valence-corrected chi connectivity index (χ3v) is 3.95. The van der Waals surface area contributed by atoms with Crippen LogP contribution in [0.1, 0.15) is 6.42 Å². The predicted octanol–water partition coefficient (Wildman–Crippen LogP) is 3.08. The zero-order valence-corrected chi connectivity index (χ0v) is 11.3. The van der Waals surface area contributed by atoms with Crippen LogP contribution in [-0.2, 0) is 9.59 Å². The van der Waals surface area contributed by atoms with Crippen LogP contribution in [0.15, 0.2) is 12.1 Å². The van der Waals surface area contributed by atoms with E-state index in [1.165, 1.54) is 17.0 Å². The Balaban J connectivity index is 2.33. The van der Waals surface area contributed by atoms with Crippen LogP contribution in [0, 0.1) is 5.92 Å². The van der Waals surface area contributed by atoms with E-state index in [-0.39, 0.29) is 33.9 Å². The van der Waals surface area contributed by atoms with E-state index in [1.54, 1.807) is 0 Å². The molecule has 2 rings (SSSR count). The molecule has 0 aliphatic carbocycles. The molecule has 0 radical (unpaired) electrons. The quantitative estimate of drug-likeness (QED) is 0.854. The molecular weight excluding hydrogens is 300 g/mol. The van der Waals surface area contributed by atoms with Crippen LogP contribution < -0.4 is 4.90 Å². The van der Waals surface area contributed by atoms with Crippen molar-refractivity contribution in [2.75, 3.05) is 11.4 Å². The van der Waals surface area contributed by atoms with Crippen LogP contribution in [0.2, 0.25) is 15.1 Å². The molecule has 1 aromatic rings. The monoisotopic (exact) mass is 307 g/mol. The van der Waals surface area contributed by atoms with E-state index in [2.05, 4.69) is 0 Å². The molecule has 0 spiro atoms. The maximum atomic E-state index is 11.7. The van der Waals surface area contributed by atoms with Crippen LogP contribution in [0.5, 0.6) is 0 Å². The van der Waals surface area contributed by atoms with Gasteiger partial charge in [-0.2, -0.15) is 0 Å². The lowest BCUT2D eigenvalue weighted by molar-refractivity contribution is -0.141. The fourth-order valence-corrected chi connectivity index (χ4v) is 2.41. The second kappa shape index (κ2) is 4.96. The SMILES string of the molecule is O=C(O)C1CC(=O)N(c2cc(Cl)c(Cl)c(Cl)c2)C1. The van der Waals surface area contributed by atoms with Gasteiger partial charge in [-0.1, -0.05) is 34.8 Å². The van der Waals surface area contributed by atoms with Gasteiger partial charge in [0, 0.05) is 18.7 Å². The first-order valence-corrected chi connectivity index (χ1v) is 6.21. The number of aliphatic carboxylic acids is 1. The predicted molar refractivity (Wildman–Crippen MR) is 69.6 cm³/mol. The molecule has 1 atom stereocenters. The summed E-state index contributed by atoms with van der Waals surface area (Å²) < 4.78 is 0. The molecule has 96 valence electrons. The van der Waals surface area contributed by atoms with Crippen molar-refractivity contribution in [1.29, 1.82) is 0 Å². The van der Waals surface area contributed by atoms with Crippen molar-refractivity contribution < 1.29 is 14.7 Å². The van der Waals surface area contributed by atoms with Crippen molar-refractivity contribution in [1.82, 2.24) is 0 Å². The molecule has 1 heterocycles. The fraction of sp³-hybridized carbons (Fsp3) is 0.273. The van der Waals surface area contributed by atoms with Gasteiger partial charge in [-0.25, -0.2) is 0 Å². The number of halogens is 3. The van der Waals surface area contributed by atoms with Gasteiger partial charge in [0.05, 0.1) is 21.0 Å². The van der Waals surface area contributed by atoms with Crippen LogP contribution in [0.25, 0.3) is 0 Å². The van der Waals surface area contributed by atoms with Crippen molar-refractivity contribution in [3.05, 3.63) is 27.2 Å². The number of carboxylic acids is 1. The van der Waals surface area contributed by atoms with E-state index in [9.17, 15) is 9.59 Å². The number of anilines is 1. The Morgan fingerprint density at radius 3 is 2.28 bits per heavy atom. The summed E-state index contributed by atoms with van der Waals surface area (Å²) in [5.41, 5.74) is 0.461. The molecule has 0 aromatic heterocycles. The molecule has 1 saturated heterocycles. The summed E-state index contributed by atoms with van der Waals surface area (Å²) in [6.45, 7) is 0.114. The molecule has 1 aromatic carbocycles. The van der Waals surface area contributed by atoms with Crippen molar-refractivity contribution in [2.45, 2.75) is 6.42 Å². The van der Waals surface area contributed by atoms with Gasteiger partial charge in [0.25, 0.3) is 0 Å². The van der Waals surface area contributed by atoms with E-state index in [1.807, 2.05) is 0 Å². The first kappa shape index (κ1) is 13.5. The summed E-state index contributed by atoms with van der Waals surface area (Å²) in [6.07, 6.45) is -0.0206. The molecule has 7 heteroatoms. The molecular formula is C11H8Cl3NO3. The van der Waals surface area contributed by atoms with Gasteiger partial charge >= 0.3 is 5.97 Å². The number of carbonyl (C=O) groups is 2. The highest BCUT2D eigenvalue weighted by Gasteiger charge is 2.35. The molecule has 1 amide bonds. The Hall–Kier alpha value is -0.970. The van der Waals surface area contributed by atoms with Crippen molar-refractivity contribution >= 4 is 52.4 Å². The summed E-state index contributed by atoms with van der Waals surface area (Å²) in [7, 11) is 0. The van der Waals surface area contributed by atoms with Gasteiger partial charge in [0.1, 0.15) is 0 Å². The Morgan fingerprint density at radius 1 is 1.28 bits per heavy atom. The first-order chi connectivity index (χ1) is 8.40. The topological polar surface area (TPSA) is 57.6 Å². The highest BCUT2D eigenvalue weighted by molar-refractivity contribution is 6.48. The molecule has 4 nitrogen and oxygen atoms in total. The maximum absolute atomic E-state index is 11.7. The zero-order valence-electron chi connectivity index (χ0n) is 8.99. The molecule has 1 aliphatic heterocycles. The number of carboxylic acid groups (broad SMARTS) is 1. The number of carbonyl (C=O) groups excluding carboxylic acids is 1. The maximum Gasteiger partial charge on any atom is 0.308 e. The molecule has 1 fully saturated rings. The largest absolute Gasteiger partial charge is 0.481 e. The Kier molecular flexibility index (Phi) is 3.71. The number of nitrogens with zero attached hydrogens (tertiary/aromatic N) is 1. The Morgan fingerprint density at radius 2 is 1.83 bits per heavy atom. The first-order valence-electron chi connectivity index (χ1n) is 5.08. The van der Waals surface area contributed by atoms with Crippen molar-refractivity contribution in [3.8, 4) is 0 Å². The Labute approximate surface area is 118 Å². The van der Waals surface area contributed by atoms with Gasteiger partial charge in [-0.3, -0.25) is 9.59 Å². The fourth-order valence-electron chi connectivity index (χ4n) is 1.82. The summed E-state index contributed by atoms with van der Waals surface area (Å²) >= 11 is 17.6. The van der Waals surface area contributed by atoms with Gasteiger partial charge in [-0.05, 0) is 12.1 Å². The summed E-state index contributed by atoms with van der Waals surface area (Å²) in [4.78, 5) is 24.0. The standard InChI is InChI=1S/C11H8Cl3NO3/c12-7-2-6(3-8(13)10(7)14)15-4-5(11(17)18)1-9(15)16/h2-3,5H,1,4H2,(H,17,18). The number of amides is 1. The van der Waals surface area contributed by atoms with Gasteiger partial charge in [0.2, 0.25) is 5.91 Å². The molecule has 1 unspecified atom stereocenters. The second-order valence-electron chi connectivity index (χ2n) is 3.97. The molecule has 18 heavy (non-hydrogen) atoms. The molecule has 1 aliphatic rings. The van der Waals surface area contributed by atoms with Crippen LogP contribution in [0.4, 0.5) is 5.69 Å². The minimum Gasteiger partial charge on any atom is -0.481 e. The summed E-state index contributed by atoms with van der Waals surface area (Å²) in [5.74, 6) is -1.96. The number of rotatable bonds is 2. The van der Waals surface area contributed by atoms with Crippen LogP contribution in [0.3, 0.4) is 0 Å². The Bertz CT molecular complexity index is 509. The smallest absolute Gasteiger partial charge is 0.308 e. The third kappa shape index (κ3) is 2.41. The third-order valence-electron chi connectivity index (χ3n) is 2.75. The lowest BCUT2D eigenvalue weighted by atomic mass is 10.1. The average Bonchev–Trinajstić information content (AvgIpc) is 2.68. The highest BCUT2D eigenvalue weighted by atomic mass is 35.5. The summed E-state index contributed by atoms with van der Waals surface area (Å²) in [6, 6.07) is 3.00. The van der Waals surface area contributed by atoms with E-state index in [0.29, 0.717) is 5.69 Å².